The van der Waals surface area contributed by atoms with Gasteiger partial charge in [-0.3, -0.25) is 4.79 Å². The fraction of sp³-hybridized carbons (Fsp3) is 0.0952. The van der Waals surface area contributed by atoms with E-state index in [0.29, 0.717) is 11.0 Å². The zero-order chi connectivity index (χ0) is 15.4. The predicted molar refractivity (Wildman–Crippen MR) is 92.8 cm³/mol. The van der Waals surface area contributed by atoms with E-state index in [1.807, 2.05) is 54.6 Å². The van der Waals surface area contributed by atoms with E-state index < -0.39 is 0 Å². The molecule has 0 fully saturated rings. The highest BCUT2D eigenvalue weighted by Gasteiger charge is 2.23. The largest absolute Gasteiger partial charge is 0.459 e. The average Bonchev–Trinajstić information content (AvgIpc) is 2.61. The predicted octanol–water partition coefficient (Wildman–Crippen LogP) is 4.71. The minimum Gasteiger partial charge on any atom is -0.459 e. The Morgan fingerprint density at radius 1 is 0.783 bits per heavy atom. The first kappa shape index (κ1) is 12.7. The number of fused-ring (bicyclic) bond motifs is 6. The molecule has 0 unspecified atom stereocenters. The molecule has 1 aliphatic rings. The lowest BCUT2D eigenvalue weighted by Crippen LogP contribution is -2.14. The van der Waals surface area contributed by atoms with Crippen molar-refractivity contribution < 1.29 is 4.42 Å². The molecular formula is C21H14O2. The molecule has 0 radical (unpaired) electrons. The molecule has 2 heteroatoms. The summed E-state index contributed by atoms with van der Waals surface area (Å²) in [7, 11) is 0. The summed E-state index contributed by atoms with van der Waals surface area (Å²) in [6.07, 6.45) is 1.70. The molecule has 1 aromatic heterocycles. The van der Waals surface area contributed by atoms with Crippen LogP contribution in [0.4, 0.5) is 0 Å². The third-order valence-corrected chi connectivity index (χ3v) is 4.76. The van der Waals surface area contributed by atoms with E-state index in [1.54, 1.807) is 0 Å². The van der Waals surface area contributed by atoms with Crippen LogP contribution in [0.25, 0.3) is 32.9 Å². The maximum Gasteiger partial charge on any atom is 0.200 e. The zero-order valence-corrected chi connectivity index (χ0v) is 12.5. The Labute approximate surface area is 133 Å². The van der Waals surface area contributed by atoms with Gasteiger partial charge in [-0.25, -0.2) is 0 Å². The lowest BCUT2D eigenvalue weighted by atomic mass is 9.88. The van der Waals surface area contributed by atoms with Gasteiger partial charge in [0.2, 0.25) is 5.43 Å². The van der Waals surface area contributed by atoms with Gasteiger partial charge in [0.25, 0.3) is 0 Å². The summed E-state index contributed by atoms with van der Waals surface area (Å²) < 4.78 is 6.24. The van der Waals surface area contributed by atoms with Crippen LogP contribution in [0, 0.1) is 0 Å². The van der Waals surface area contributed by atoms with E-state index in [1.165, 1.54) is 5.56 Å². The summed E-state index contributed by atoms with van der Waals surface area (Å²) in [5, 5.41) is 2.77. The summed E-state index contributed by atoms with van der Waals surface area (Å²) in [5.41, 5.74) is 3.80. The maximum atomic E-state index is 13.1. The van der Waals surface area contributed by atoms with Gasteiger partial charge in [0.15, 0.2) is 0 Å². The first-order valence-corrected chi connectivity index (χ1v) is 7.88. The Morgan fingerprint density at radius 3 is 2.57 bits per heavy atom. The SMILES string of the molecule is O=c1c2c(oc3c1ccc1ccccc13)CCc1ccccc1-2. The molecule has 0 bridgehead atoms. The quantitative estimate of drug-likeness (QED) is 0.440. The molecule has 0 spiro atoms. The van der Waals surface area contributed by atoms with E-state index in [0.717, 1.165) is 40.5 Å². The van der Waals surface area contributed by atoms with Crippen LogP contribution >= 0.6 is 0 Å². The average molecular weight is 298 g/mol. The van der Waals surface area contributed by atoms with Gasteiger partial charge < -0.3 is 4.42 Å². The topological polar surface area (TPSA) is 30.2 Å². The Morgan fingerprint density at radius 2 is 1.61 bits per heavy atom. The molecule has 1 aliphatic carbocycles. The molecule has 110 valence electrons. The van der Waals surface area contributed by atoms with Crippen LogP contribution in [-0.2, 0) is 12.8 Å². The third kappa shape index (κ3) is 1.72. The number of benzene rings is 3. The van der Waals surface area contributed by atoms with Crippen LogP contribution in [0.15, 0.2) is 69.9 Å². The van der Waals surface area contributed by atoms with Gasteiger partial charge in [-0.15, -0.1) is 0 Å². The van der Waals surface area contributed by atoms with Gasteiger partial charge >= 0.3 is 0 Å². The first-order chi connectivity index (χ1) is 11.3. The minimum atomic E-state index is 0.0825. The normalized spacial score (nSPS) is 13.0. The molecule has 23 heavy (non-hydrogen) atoms. The molecule has 1 heterocycles. The summed E-state index contributed by atoms with van der Waals surface area (Å²) in [4.78, 5) is 13.1. The van der Waals surface area contributed by atoms with Crippen LogP contribution in [0.1, 0.15) is 11.3 Å². The summed E-state index contributed by atoms with van der Waals surface area (Å²) in [5.74, 6) is 0.817. The van der Waals surface area contributed by atoms with Crippen LogP contribution in [0.2, 0.25) is 0 Å². The lowest BCUT2D eigenvalue weighted by Gasteiger charge is -2.18. The van der Waals surface area contributed by atoms with Crippen LogP contribution in [-0.4, -0.2) is 0 Å². The van der Waals surface area contributed by atoms with E-state index in [2.05, 4.69) is 6.07 Å². The van der Waals surface area contributed by atoms with E-state index in [9.17, 15) is 4.79 Å². The van der Waals surface area contributed by atoms with E-state index in [4.69, 9.17) is 4.42 Å². The molecule has 0 aliphatic heterocycles. The highest BCUT2D eigenvalue weighted by molar-refractivity contribution is 6.04. The molecule has 5 rings (SSSR count). The second-order valence-corrected chi connectivity index (χ2v) is 6.05. The van der Waals surface area contributed by atoms with Crippen molar-refractivity contribution in [1.82, 2.24) is 0 Å². The molecule has 3 aromatic carbocycles. The standard InChI is InChI=1S/C21H14O2/c22-20-17-11-9-14-6-2-4-8-16(14)21(17)23-18-12-10-13-5-1-3-7-15(13)19(18)20/h1-9,11H,10,12H2. The summed E-state index contributed by atoms with van der Waals surface area (Å²) >= 11 is 0. The van der Waals surface area contributed by atoms with Crippen molar-refractivity contribution in [3.63, 3.8) is 0 Å². The molecule has 2 nitrogen and oxygen atoms in total. The molecule has 0 saturated heterocycles. The van der Waals surface area contributed by atoms with Gasteiger partial charge in [-0.2, -0.15) is 0 Å². The highest BCUT2D eigenvalue weighted by atomic mass is 16.3. The Bertz CT molecular complexity index is 1140. The molecule has 0 amide bonds. The van der Waals surface area contributed by atoms with Gasteiger partial charge in [-0.1, -0.05) is 54.6 Å². The van der Waals surface area contributed by atoms with Gasteiger partial charge in [0, 0.05) is 11.8 Å². The molecule has 0 N–H and O–H groups in total. The van der Waals surface area contributed by atoms with Crippen molar-refractivity contribution in [3.8, 4) is 11.1 Å². The van der Waals surface area contributed by atoms with Crippen LogP contribution < -0.4 is 5.43 Å². The lowest BCUT2D eigenvalue weighted by molar-refractivity contribution is 0.535. The van der Waals surface area contributed by atoms with Crippen molar-refractivity contribution in [3.05, 3.63) is 82.2 Å². The zero-order valence-electron chi connectivity index (χ0n) is 12.5. The van der Waals surface area contributed by atoms with Crippen LogP contribution in [0.3, 0.4) is 0 Å². The van der Waals surface area contributed by atoms with Gasteiger partial charge in [-0.05, 0) is 29.0 Å². The Balaban J connectivity index is 1.96. The fourth-order valence-corrected chi connectivity index (χ4v) is 3.65. The number of hydrogen-bond donors (Lipinski definition) is 0. The first-order valence-electron chi connectivity index (χ1n) is 7.88. The maximum absolute atomic E-state index is 13.1. The molecule has 0 saturated carbocycles. The number of aryl methyl sites for hydroxylation is 2. The Hall–Kier alpha value is -2.87. The van der Waals surface area contributed by atoms with Crippen molar-refractivity contribution in [2.75, 3.05) is 0 Å². The number of rotatable bonds is 0. The second-order valence-electron chi connectivity index (χ2n) is 6.05. The van der Waals surface area contributed by atoms with Crippen molar-refractivity contribution in [1.29, 1.82) is 0 Å². The fourth-order valence-electron chi connectivity index (χ4n) is 3.65. The third-order valence-electron chi connectivity index (χ3n) is 4.76. The summed E-state index contributed by atoms with van der Waals surface area (Å²) in [6.45, 7) is 0. The van der Waals surface area contributed by atoms with Gasteiger partial charge in [0.1, 0.15) is 11.3 Å². The van der Waals surface area contributed by atoms with Gasteiger partial charge in [0.05, 0.1) is 10.9 Å². The second kappa shape index (κ2) is 4.56. The smallest absolute Gasteiger partial charge is 0.200 e. The van der Waals surface area contributed by atoms with Crippen molar-refractivity contribution >= 4 is 21.7 Å². The van der Waals surface area contributed by atoms with Crippen molar-refractivity contribution in [2.45, 2.75) is 12.8 Å². The molecule has 0 atom stereocenters. The van der Waals surface area contributed by atoms with E-state index in [-0.39, 0.29) is 5.43 Å². The molecule has 4 aromatic rings. The van der Waals surface area contributed by atoms with Crippen LogP contribution in [0.5, 0.6) is 0 Å². The Kier molecular flexibility index (Phi) is 2.51. The highest BCUT2D eigenvalue weighted by Crippen LogP contribution is 2.34. The molecular weight excluding hydrogens is 284 g/mol. The number of hydrogen-bond acceptors (Lipinski definition) is 2. The summed E-state index contributed by atoms with van der Waals surface area (Å²) in [6, 6.07) is 20.1. The van der Waals surface area contributed by atoms with E-state index >= 15 is 0 Å². The monoisotopic (exact) mass is 298 g/mol. The van der Waals surface area contributed by atoms with Crippen molar-refractivity contribution in [2.24, 2.45) is 0 Å². The minimum absolute atomic E-state index is 0.0825.